The summed E-state index contributed by atoms with van der Waals surface area (Å²) in [5.41, 5.74) is 0. The number of ether oxygens (including phenoxy) is 1. The minimum Gasteiger partial charge on any atom is -0.426 e. The molecule has 0 unspecified atom stereocenters. The second-order valence-electron chi connectivity index (χ2n) is 6.29. The molecule has 0 atom stereocenters. The van der Waals surface area contributed by atoms with Gasteiger partial charge in [-0.05, 0) is 24.3 Å². The Kier molecular flexibility index (Phi) is 6.49. The number of nitrogens with one attached hydrogen (secondary N) is 1. The minimum atomic E-state index is -0.365. The number of rotatable bonds is 6. The highest BCUT2D eigenvalue weighted by atomic mass is 32.1. The summed E-state index contributed by atoms with van der Waals surface area (Å²) in [6.07, 6.45) is 1.78. The number of nitrogens with zero attached hydrogens (tertiary/aromatic N) is 3. The number of carbonyl (C=O) groups excluding carboxylic acids is 2. The normalized spacial score (nSPS) is 15.5. The topological polar surface area (TPSA) is 74.8 Å². The molecule has 1 saturated heterocycles. The summed E-state index contributed by atoms with van der Waals surface area (Å²) in [7, 11) is 0. The van der Waals surface area contributed by atoms with Crippen LogP contribution in [0.3, 0.4) is 0 Å². The van der Waals surface area contributed by atoms with Gasteiger partial charge in [-0.15, -0.1) is 11.3 Å². The summed E-state index contributed by atoms with van der Waals surface area (Å²) in [4.78, 5) is 32.7. The van der Waals surface area contributed by atoms with E-state index in [9.17, 15) is 14.0 Å². The lowest BCUT2D eigenvalue weighted by Crippen LogP contribution is -2.47. The maximum atomic E-state index is 12.9. The van der Waals surface area contributed by atoms with Gasteiger partial charge in [-0.2, -0.15) is 0 Å². The van der Waals surface area contributed by atoms with Crippen molar-refractivity contribution in [3.63, 3.8) is 0 Å². The number of esters is 1. The van der Waals surface area contributed by atoms with Gasteiger partial charge in [0.1, 0.15) is 11.6 Å². The van der Waals surface area contributed by atoms with Crippen molar-refractivity contribution in [2.45, 2.75) is 13.5 Å². The quantitative estimate of drug-likeness (QED) is 0.598. The van der Waals surface area contributed by atoms with E-state index in [1.165, 1.54) is 42.5 Å². The second kappa shape index (κ2) is 9.03. The van der Waals surface area contributed by atoms with E-state index < -0.39 is 0 Å². The Morgan fingerprint density at radius 2 is 1.85 bits per heavy atom. The first-order valence-corrected chi connectivity index (χ1v) is 9.43. The van der Waals surface area contributed by atoms with Gasteiger partial charge in [-0.3, -0.25) is 19.4 Å². The average Bonchev–Trinajstić information content (AvgIpc) is 3.05. The smallest absolute Gasteiger partial charge is 0.325 e. The fourth-order valence-corrected chi connectivity index (χ4v) is 3.66. The van der Waals surface area contributed by atoms with Gasteiger partial charge in [0.25, 0.3) is 0 Å². The van der Waals surface area contributed by atoms with Crippen LogP contribution >= 0.6 is 11.3 Å². The average molecular weight is 392 g/mol. The number of carbonyl (C=O) groups is 2. The summed E-state index contributed by atoms with van der Waals surface area (Å²) < 4.78 is 18.1. The molecule has 27 heavy (non-hydrogen) atoms. The van der Waals surface area contributed by atoms with Crippen LogP contribution in [0.4, 0.5) is 9.52 Å². The van der Waals surface area contributed by atoms with Crippen molar-refractivity contribution in [1.82, 2.24) is 14.8 Å². The maximum absolute atomic E-state index is 12.9. The van der Waals surface area contributed by atoms with Crippen LogP contribution in [0.2, 0.25) is 0 Å². The minimum absolute atomic E-state index is 0.128. The number of halogens is 1. The van der Waals surface area contributed by atoms with Crippen molar-refractivity contribution in [2.75, 3.05) is 38.0 Å². The number of piperazine rings is 1. The molecule has 1 aromatic carbocycles. The van der Waals surface area contributed by atoms with Gasteiger partial charge in [-0.1, -0.05) is 0 Å². The summed E-state index contributed by atoms with van der Waals surface area (Å²) in [6.45, 7) is 5.62. The molecule has 144 valence electrons. The van der Waals surface area contributed by atoms with E-state index in [4.69, 9.17) is 4.74 Å². The Morgan fingerprint density at radius 3 is 2.52 bits per heavy atom. The number of hydrogen-bond acceptors (Lipinski definition) is 7. The molecular weight excluding hydrogens is 371 g/mol. The maximum Gasteiger partial charge on any atom is 0.325 e. The van der Waals surface area contributed by atoms with E-state index in [-0.39, 0.29) is 24.2 Å². The molecule has 2 aromatic rings. The van der Waals surface area contributed by atoms with Crippen LogP contribution in [-0.4, -0.2) is 59.4 Å². The molecule has 0 saturated carbocycles. The lowest BCUT2D eigenvalue weighted by molar-refractivity contribution is -0.136. The summed E-state index contributed by atoms with van der Waals surface area (Å²) >= 11 is 1.47. The third-order valence-electron chi connectivity index (χ3n) is 4.08. The van der Waals surface area contributed by atoms with Crippen LogP contribution in [0.15, 0.2) is 30.5 Å². The molecule has 3 rings (SSSR count). The Labute approximate surface area is 160 Å². The highest BCUT2D eigenvalue weighted by Gasteiger charge is 2.20. The zero-order valence-electron chi connectivity index (χ0n) is 15.0. The molecule has 9 heteroatoms. The van der Waals surface area contributed by atoms with Crippen LogP contribution in [0.1, 0.15) is 11.8 Å². The number of amides is 1. The van der Waals surface area contributed by atoms with Crippen molar-refractivity contribution in [1.29, 1.82) is 0 Å². The number of hydrogen-bond donors (Lipinski definition) is 1. The van der Waals surface area contributed by atoms with Gasteiger partial charge in [0.15, 0.2) is 5.13 Å². The lowest BCUT2D eigenvalue weighted by atomic mass is 10.3. The molecule has 0 spiro atoms. The van der Waals surface area contributed by atoms with Crippen molar-refractivity contribution < 1.29 is 18.7 Å². The first-order valence-electron chi connectivity index (χ1n) is 8.61. The van der Waals surface area contributed by atoms with Gasteiger partial charge in [0.2, 0.25) is 5.91 Å². The zero-order chi connectivity index (χ0) is 19.2. The molecule has 1 N–H and O–H groups in total. The van der Waals surface area contributed by atoms with Crippen LogP contribution in [-0.2, 0) is 16.1 Å². The molecule has 0 aliphatic carbocycles. The van der Waals surface area contributed by atoms with Crippen LogP contribution in [0.5, 0.6) is 5.75 Å². The molecule has 1 aliphatic heterocycles. The SMILES string of the molecule is CC(=O)Nc1ncc(CN2CCN(CC(=O)Oc3ccc(F)cc3)CC2)s1. The highest BCUT2D eigenvalue weighted by Crippen LogP contribution is 2.20. The van der Waals surface area contributed by atoms with E-state index >= 15 is 0 Å². The molecule has 1 fully saturated rings. The van der Waals surface area contributed by atoms with Crippen LogP contribution < -0.4 is 10.1 Å². The molecule has 0 bridgehead atoms. The Balaban J connectivity index is 1.40. The summed E-state index contributed by atoms with van der Waals surface area (Å²) in [6, 6.07) is 5.40. The largest absolute Gasteiger partial charge is 0.426 e. The van der Waals surface area contributed by atoms with Crippen molar-refractivity contribution in [3.05, 3.63) is 41.2 Å². The first-order chi connectivity index (χ1) is 13.0. The van der Waals surface area contributed by atoms with Gasteiger partial charge in [0.05, 0.1) is 6.54 Å². The molecule has 1 aliphatic rings. The van der Waals surface area contributed by atoms with E-state index in [1.54, 1.807) is 6.20 Å². The van der Waals surface area contributed by atoms with Gasteiger partial charge in [0, 0.05) is 50.7 Å². The van der Waals surface area contributed by atoms with Gasteiger partial charge in [-0.25, -0.2) is 9.37 Å². The van der Waals surface area contributed by atoms with E-state index in [0.717, 1.165) is 37.6 Å². The fraction of sp³-hybridized carbons (Fsp3) is 0.389. The number of anilines is 1. The second-order valence-corrected chi connectivity index (χ2v) is 7.41. The molecule has 7 nitrogen and oxygen atoms in total. The molecular formula is C18H21FN4O3S. The Morgan fingerprint density at radius 1 is 1.19 bits per heavy atom. The standard InChI is InChI=1S/C18H21FN4O3S/c1-13(24)21-18-20-10-16(27-18)11-22-6-8-23(9-7-22)12-17(25)26-15-4-2-14(19)3-5-15/h2-5,10H,6-9,11-12H2,1H3,(H,20,21,24). The van der Waals surface area contributed by atoms with Gasteiger partial charge >= 0.3 is 5.97 Å². The monoisotopic (exact) mass is 392 g/mol. The number of aromatic nitrogens is 1. The summed E-state index contributed by atoms with van der Waals surface area (Å²) in [5, 5.41) is 3.29. The zero-order valence-corrected chi connectivity index (χ0v) is 15.8. The first kappa shape index (κ1) is 19.4. The predicted octanol–water partition coefficient (Wildman–Crippen LogP) is 1.96. The van der Waals surface area contributed by atoms with Crippen molar-refractivity contribution in [3.8, 4) is 5.75 Å². The van der Waals surface area contributed by atoms with E-state index in [0.29, 0.717) is 10.9 Å². The number of benzene rings is 1. The third kappa shape index (κ3) is 6.09. The fourth-order valence-electron chi connectivity index (χ4n) is 2.76. The third-order valence-corrected chi connectivity index (χ3v) is 4.98. The van der Waals surface area contributed by atoms with Crippen molar-refractivity contribution in [2.24, 2.45) is 0 Å². The Hall–Kier alpha value is -2.36. The number of thiazole rings is 1. The molecule has 2 heterocycles. The van der Waals surface area contributed by atoms with Crippen LogP contribution in [0, 0.1) is 5.82 Å². The van der Waals surface area contributed by atoms with E-state index in [1.807, 2.05) is 4.90 Å². The lowest BCUT2D eigenvalue weighted by Gasteiger charge is -2.33. The predicted molar refractivity (Wildman–Crippen MR) is 100 cm³/mol. The highest BCUT2D eigenvalue weighted by molar-refractivity contribution is 7.15. The van der Waals surface area contributed by atoms with Gasteiger partial charge < -0.3 is 10.1 Å². The van der Waals surface area contributed by atoms with Crippen molar-refractivity contribution >= 4 is 28.3 Å². The van der Waals surface area contributed by atoms with Crippen LogP contribution in [0.25, 0.3) is 0 Å². The Bertz CT molecular complexity index is 788. The summed E-state index contributed by atoms with van der Waals surface area (Å²) in [5.74, 6) is -0.495. The van der Waals surface area contributed by atoms with E-state index in [2.05, 4.69) is 15.2 Å². The molecule has 1 amide bonds. The molecule has 1 aromatic heterocycles. The molecule has 0 radical (unpaired) electrons.